The van der Waals surface area contributed by atoms with Crippen molar-refractivity contribution in [3.05, 3.63) is 48.2 Å². The first kappa shape index (κ1) is 17.7. The molecule has 0 radical (unpaired) electrons. The van der Waals surface area contributed by atoms with Crippen LogP contribution in [0, 0.1) is 0 Å². The topological polar surface area (TPSA) is 67.3 Å². The zero-order chi connectivity index (χ0) is 18.8. The standard InChI is InChI=1S/C22H25N3O2/c1-23-22-24-13-19-17(14-6-4-3-5-7-14)12-18(21(27-2)20(19)25-22)15-8-10-16(26)11-9-15/h3-7,12-13,15-16,26H,8-11H2,1-2H3,(H,23,24,25)/t15-,16+. The van der Waals surface area contributed by atoms with E-state index in [-0.39, 0.29) is 6.10 Å². The summed E-state index contributed by atoms with van der Waals surface area (Å²) in [6.07, 6.45) is 5.27. The molecule has 0 amide bonds. The lowest BCUT2D eigenvalue weighted by molar-refractivity contribution is 0.122. The van der Waals surface area contributed by atoms with Crippen LogP contribution in [0.5, 0.6) is 5.75 Å². The van der Waals surface area contributed by atoms with Gasteiger partial charge in [0.1, 0.15) is 11.3 Å². The number of rotatable bonds is 4. The normalized spacial score (nSPS) is 19.8. The fraction of sp³-hybridized carbons (Fsp3) is 0.364. The van der Waals surface area contributed by atoms with Crippen LogP contribution in [0.2, 0.25) is 0 Å². The number of anilines is 1. The van der Waals surface area contributed by atoms with E-state index in [4.69, 9.17) is 9.72 Å². The van der Waals surface area contributed by atoms with Crippen LogP contribution < -0.4 is 10.1 Å². The number of hydrogen-bond acceptors (Lipinski definition) is 5. The smallest absolute Gasteiger partial charge is 0.223 e. The summed E-state index contributed by atoms with van der Waals surface area (Å²) in [6.45, 7) is 0. The SMILES string of the molecule is CNc1ncc2c(-c3ccccc3)cc([C@H]3CC[C@@H](O)CC3)c(OC)c2n1. The van der Waals surface area contributed by atoms with Crippen LogP contribution in [0.15, 0.2) is 42.6 Å². The van der Waals surface area contributed by atoms with Crippen LogP contribution in [-0.4, -0.2) is 35.3 Å². The molecule has 5 nitrogen and oxygen atoms in total. The van der Waals surface area contributed by atoms with E-state index in [2.05, 4.69) is 28.5 Å². The van der Waals surface area contributed by atoms with Gasteiger partial charge in [-0.25, -0.2) is 9.97 Å². The van der Waals surface area contributed by atoms with Crippen molar-refractivity contribution in [2.75, 3.05) is 19.5 Å². The Hall–Kier alpha value is -2.66. The number of aromatic nitrogens is 2. The van der Waals surface area contributed by atoms with Crippen LogP contribution in [0.1, 0.15) is 37.2 Å². The van der Waals surface area contributed by atoms with Crippen LogP contribution in [0.25, 0.3) is 22.0 Å². The number of methoxy groups -OCH3 is 1. The quantitative estimate of drug-likeness (QED) is 0.721. The molecule has 140 valence electrons. The Morgan fingerprint density at radius 1 is 1.11 bits per heavy atom. The molecule has 4 rings (SSSR count). The van der Waals surface area contributed by atoms with E-state index >= 15 is 0 Å². The fourth-order valence-electron chi connectivity index (χ4n) is 4.07. The molecule has 1 aromatic heterocycles. The Labute approximate surface area is 159 Å². The second kappa shape index (κ2) is 7.53. The Kier molecular flexibility index (Phi) is 4.94. The molecule has 1 aliphatic carbocycles. The van der Waals surface area contributed by atoms with Gasteiger partial charge in [-0.15, -0.1) is 0 Å². The van der Waals surface area contributed by atoms with Crippen molar-refractivity contribution >= 4 is 16.9 Å². The van der Waals surface area contributed by atoms with Crippen molar-refractivity contribution in [1.29, 1.82) is 0 Å². The average Bonchev–Trinajstić information content (AvgIpc) is 2.73. The molecule has 1 heterocycles. The molecule has 3 aromatic rings. The van der Waals surface area contributed by atoms with Gasteiger partial charge in [-0.2, -0.15) is 0 Å². The molecule has 1 aliphatic rings. The minimum Gasteiger partial charge on any atom is -0.494 e. The summed E-state index contributed by atoms with van der Waals surface area (Å²) >= 11 is 0. The Morgan fingerprint density at radius 3 is 2.52 bits per heavy atom. The third-order valence-corrected chi connectivity index (χ3v) is 5.51. The van der Waals surface area contributed by atoms with Crippen molar-refractivity contribution < 1.29 is 9.84 Å². The Morgan fingerprint density at radius 2 is 1.85 bits per heavy atom. The number of hydrogen-bond donors (Lipinski definition) is 2. The zero-order valence-corrected chi connectivity index (χ0v) is 15.8. The highest BCUT2D eigenvalue weighted by Crippen LogP contribution is 2.44. The molecular weight excluding hydrogens is 338 g/mol. The minimum absolute atomic E-state index is 0.181. The lowest BCUT2D eigenvalue weighted by Crippen LogP contribution is -2.17. The van der Waals surface area contributed by atoms with Crippen LogP contribution in [0.4, 0.5) is 5.95 Å². The van der Waals surface area contributed by atoms with Gasteiger partial charge in [0, 0.05) is 24.2 Å². The lowest BCUT2D eigenvalue weighted by Gasteiger charge is -2.28. The number of fused-ring (bicyclic) bond motifs is 1. The van der Waals surface area contributed by atoms with E-state index in [1.54, 1.807) is 7.11 Å². The van der Waals surface area contributed by atoms with Crippen LogP contribution in [0.3, 0.4) is 0 Å². The largest absolute Gasteiger partial charge is 0.494 e. The van der Waals surface area contributed by atoms with Gasteiger partial charge >= 0.3 is 0 Å². The lowest BCUT2D eigenvalue weighted by atomic mass is 9.81. The molecule has 0 atom stereocenters. The molecular formula is C22H25N3O2. The second-order valence-electron chi connectivity index (χ2n) is 7.12. The van der Waals surface area contributed by atoms with Crippen molar-refractivity contribution in [2.45, 2.75) is 37.7 Å². The monoisotopic (exact) mass is 363 g/mol. The molecule has 5 heteroatoms. The molecule has 27 heavy (non-hydrogen) atoms. The zero-order valence-electron chi connectivity index (χ0n) is 15.8. The third kappa shape index (κ3) is 3.35. The number of aliphatic hydroxyl groups excluding tert-OH is 1. The molecule has 2 aromatic carbocycles. The first-order chi connectivity index (χ1) is 13.2. The maximum Gasteiger partial charge on any atom is 0.223 e. The van der Waals surface area contributed by atoms with Crippen molar-refractivity contribution in [1.82, 2.24) is 9.97 Å². The van der Waals surface area contributed by atoms with E-state index in [0.29, 0.717) is 11.9 Å². The highest BCUT2D eigenvalue weighted by atomic mass is 16.5. The molecule has 0 bridgehead atoms. The van der Waals surface area contributed by atoms with Crippen molar-refractivity contribution in [2.24, 2.45) is 0 Å². The highest BCUT2D eigenvalue weighted by molar-refractivity contribution is 5.99. The number of ether oxygens (including phenoxy) is 1. The van der Waals surface area contributed by atoms with Gasteiger partial charge < -0.3 is 15.2 Å². The van der Waals surface area contributed by atoms with E-state index < -0.39 is 0 Å². The first-order valence-corrected chi connectivity index (χ1v) is 9.50. The number of aliphatic hydroxyl groups is 1. The minimum atomic E-state index is -0.181. The van der Waals surface area contributed by atoms with E-state index in [9.17, 15) is 5.11 Å². The molecule has 1 saturated carbocycles. The van der Waals surface area contributed by atoms with E-state index in [1.165, 1.54) is 5.56 Å². The van der Waals surface area contributed by atoms with Gasteiger partial charge in [0.25, 0.3) is 0 Å². The number of benzene rings is 2. The van der Waals surface area contributed by atoms with Crippen LogP contribution in [-0.2, 0) is 0 Å². The van der Waals surface area contributed by atoms with Gasteiger partial charge in [0.15, 0.2) is 0 Å². The average molecular weight is 363 g/mol. The van der Waals surface area contributed by atoms with E-state index in [1.807, 2.05) is 31.4 Å². The molecule has 2 N–H and O–H groups in total. The van der Waals surface area contributed by atoms with Gasteiger partial charge in [0.2, 0.25) is 5.95 Å². The van der Waals surface area contributed by atoms with Crippen molar-refractivity contribution in [3.8, 4) is 16.9 Å². The summed E-state index contributed by atoms with van der Waals surface area (Å²) in [7, 11) is 3.53. The van der Waals surface area contributed by atoms with E-state index in [0.717, 1.165) is 53.5 Å². The summed E-state index contributed by atoms with van der Waals surface area (Å²) in [4.78, 5) is 9.15. The molecule has 0 saturated heterocycles. The number of nitrogens with one attached hydrogen (secondary N) is 1. The predicted molar refractivity (Wildman–Crippen MR) is 108 cm³/mol. The van der Waals surface area contributed by atoms with Crippen molar-refractivity contribution in [3.63, 3.8) is 0 Å². The third-order valence-electron chi connectivity index (χ3n) is 5.51. The van der Waals surface area contributed by atoms with Gasteiger partial charge in [-0.1, -0.05) is 30.3 Å². The maximum absolute atomic E-state index is 9.91. The summed E-state index contributed by atoms with van der Waals surface area (Å²) in [5.74, 6) is 1.77. The van der Waals surface area contributed by atoms with Crippen LogP contribution >= 0.6 is 0 Å². The molecule has 0 aliphatic heterocycles. The molecule has 0 unspecified atom stereocenters. The molecule has 0 spiro atoms. The summed E-state index contributed by atoms with van der Waals surface area (Å²) in [6, 6.07) is 12.6. The molecule has 1 fully saturated rings. The van der Waals surface area contributed by atoms with Gasteiger partial charge in [0.05, 0.1) is 13.2 Å². The second-order valence-corrected chi connectivity index (χ2v) is 7.12. The Balaban J connectivity index is 1.96. The summed E-state index contributed by atoms with van der Waals surface area (Å²) < 4.78 is 5.85. The highest BCUT2D eigenvalue weighted by Gasteiger charge is 2.26. The Bertz CT molecular complexity index is 935. The summed E-state index contributed by atoms with van der Waals surface area (Å²) in [5, 5.41) is 13.9. The van der Waals surface area contributed by atoms with Gasteiger partial charge in [-0.05, 0) is 48.8 Å². The summed E-state index contributed by atoms with van der Waals surface area (Å²) in [5.41, 5.74) is 4.27. The van der Waals surface area contributed by atoms with Gasteiger partial charge in [-0.3, -0.25) is 0 Å². The fourth-order valence-corrected chi connectivity index (χ4v) is 4.07. The maximum atomic E-state index is 9.91. The predicted octanol–water partition coefficient (Wildman–Crippen LogP) is 4.37. The number of nitrogens with zero attached hydrogens (tertiary/aromatic N) is 2. The first-order valence-electron chi connectivity index (χ1n) is 9.50.